The Kier molecular flexibility index (Phi) is 6.49. The number of aliphatic hydroxyl groups is 1. The van der Waals surface area contributed by atoms with Gasteiger partial charge >= 0.3 is 0 Å². The molecule has 1 aliphatic heterocycles. The van der Waals surface area contributed by atoms with Crippen LogP contribution in [0.4, 0.5) is 0 Å². The van der Waals surface area contributed by atoms with E-state index in [4.69, 9.17) is 9.47 Å². The largest absolute Gasteiger partial charge is 0.507 e. The first-order chi connectivity index (χ1) is 15.5. The molecule has 0 radical (unpaired) electrons. The molecule has 1 saturated carbocycles. The van der Waals surface area contributed by atoms with Crippen molar-refractivity contribution in [3.8, 4) is 11.5 Å². The van der Waals surface area contributed by atoms with Gasteiger partial charge < -0.3 is 19.5 Å². The first-order valence-electron chi connectivity index (χ1n) is 11.2. The summed E-state index contributed by atoms with van der Waals surface area (Å²) in [6.07, 6.45) is 4.90. The number of carbonyl (C=O) groups excluding carboxylic acids is 2. The fourth-order valence-electron chi connectivity index (χ4n) is 4.76. The van der Waals surface area contributed by atoms with Crippen molar-refractivity contribution in [2.45, 2.75) is 51.1 Å². The SMILES string of the molecule is CCOc1cccc(C2/C(=C(/O)c3ccc(OC)cc3)C(=O)C(=O)N2C2CCCCC2)c1. The topological polar surface area (TPSA) is 76.1 Å². The zero-order valence-electron chi connectivity index (χ0n) is 18.5. The fraction of sp³-hybridized carbons (Fsp3) is 0.385. The third-order valence-electron chi connectivity index (χ3n) is 6.30. The summed E-state index contributed by atoms with van der Waals surface area (Å²) < 4.78 is 10.9. The van der Waals surface area contributed by atoms with Gasteiger partial charge in [-0.25, -0.2) is 0 Å². The molecule has 6 nitrogen and oxygen atoms in total. The molecule has 2 aliphatic rings. The molecule has 2 fully saturated rings. The zero-order chi connectivity index (χ0) is 22.7. The number of ether oxygens (including phenoxy) is 2. The molecule has 0 aromatic heterocycles. The molecule has 4 rings (SSSR count). The minimum absolute atomic E-state index is 0.0258. The van der Waals surface area contributed by atoms with Crippen molar-refractivity contribution >= 4 is 17.4 Å². The van der Waals surface area contributed by atoms with Crippen LogP contribution in [0, 0.1) is 0 Å². The maximum atomic E-state index is 13.2. The van der Waals surface area contributed by atoms with Gasteiger partial charge in [0.05, 0.1) is 25.3 Å². The molecule has 6 heteroatoms. The highest BCUT2D eigenvalue weighted by atomic mass is 16.5. The van der Waals surface area contributed by atoms with Crippen LogP contribution in [0.3, 0.4) is 0 Å². The third-order valence-corrected chi connectivity index (χ3v) is 6.30. The number of carbonyl (C=O) groups is 2. The lowest BCUT2D eigenvalue weighted by Gasteiger charge is -2.35. The minimum atomic E-state index is -0.652. The van der Waals surface area contributed by atoms with E-state index < -0.39 is 17.7 Å². The van der Waals surface area contributed by atoms with Crippen molar-refractivity contribution in [2.75, 3.05) is 13.7 Å². The molecule has 2 aromatic carbocycles. The van der Waals surface area contributed by atoms with Crippen molar-refractivity contribution < 1.29 is 24.2 Å². The number of nitrogens with zero attached hydrogens (tertiary/aromatic N) is 1. The summed E-state index contributed by atoms with van der Waals surface area (Å²) in [6, 6.07) is 13.6. The fourth-order valence-corrected chi connectivity index (χ4v) is 4.76. The lowest BCUT2D eigenvalue weighted by atomic mass is 9.91. The monoisotopic (exact) mass is 435 g/mol. The van der Waals surface area contributed by atoms with Crippen LogP contribution >= 0.6 is 0 Å². The molecule has 1 aliphatic carbocycles. The van der Waals surface area contributed by atoms with Crippen molar-refractivity contribution in [1.29, 1.82) is 0 Å². The predicted molar refractivity (Wildman–Crippen MR) is 122 cm³/mol. The number of hydrogen-bond acceptors (Lipinski definition) is 5. The van der Waals surface area contributed by atoms with Crippen LogP contribution < -0.4 is 9.47 Å². The van der Waals surface area contributed by atoms with E-state index in [0.29, 0.717) is 23.7 Å². The molecule has 1 N–H and O–H groups in total. The highest BCUT2D eigenvalue weighted by Crippen LogP contribution is 2.43. The number of rotatable bonds is 6. The van der Waals surface area contributed by atoms with Crippen molar-refractivity contribution in [3.05, 3.63) is 65.2 Å². The number of amides is 1. The lowest BCUT2D eigenvalue weighted by molar-refractivity contribution is -0.141. The van der Waals surface area contributed by atoms with E-state index >= 15 is 0 Å². The Labute approximate surface area is 188 Å². The van der Waals surface area contributed by atoms with Crippen LogP contribution in [-0.4, -0.2) is 41.5 Å². The van der Waals surface area contributed by atoms with E-state index in [-0.39, 0.29) is 17.4 Å². The summed E-state index contributed by atoms with van der Waals surface area (Å²) in [4.78, 5) is 28.1. The molecular weight excluding hydrogens is 406 g/mol. The zero-order valence-corrected chi connectivity index (χ0v) is 18.5. The normalized spacial score (nSPS) is 21.1. The van der Waals surface area contributed by atoms with Crippen molar-refractivity contribution in [2.24, 2.45) is 0 Å². The van der Waals surface area contributed by atoms with Crippen LogP contribution in [0.1, 0.15) is 56.2 Å². The van der Waals surface area contributed by atoms with Gasteiger partial charge in [-0.05, 0) is 61.7 Å². The number of methoxy groups -OCH3 is 1. The summed E-state index contributed by atoms with van der Waals surface area (Å²) in [5.74, 6) is -0.0422. The van der Waals surface area contributed by atoms with Gasteiger partial charge in [-0.2, -0.15) is 0 Å². The molecule has 0 spiro atoms. The third kappa shape index (κ3) is 4.09. The molecule has 32 heavy (non-hydrogen) atoms. The van der Waals surface area contributed by atoms with E-state index in [1.54, 1.807) is 36.3 Å². The first kappa shape index (κ1) is 21.9. The lowest BCUT2D eigenvalue weighted by Crippen LogP contribution is -2.40. The number of hydrogen-bond donors (Lipinski definition) is 1. The van der Waals surface area contributed by atoms with Gasteiger partial charge in [0.1, 0.15) is 17.3 Å². The molecular formula is C26H29NO5. The van der Waals surface area contributed by atoms with Gasteiger partial charge in [0.25, 0.3) is 11.7 Å². The summed E-state index contributed by atoms with van der Waals surface area (Å²) in [6.45, 7) is 2.42. The Morgan fingerprint density at radius 3 is 2.41 bits per heavy atom. The number of ketones is 1. The van der Waals surface area contributed by atoms with Gasteiger partial charge in [0.15, 0.2) is 0 Å². The van der Waals surface area contributed by atoms with Gasteiger partial charge in [-0.3, -0.25) is 9.59 Å². The van der Waals surface area contributed by atoms with Crippen molar-refractivity contribution in [3.63, 3.8) is 0 Å². The Bertz CT molecular complexity index is 1020. The minimum Gasteiger partial charge on any atom is -0.507 e. The van der Waals surface area contributed by atoms with Gasteiger partial charge in [-0.1, -0.05) is 31.4 Å². The van der Waals surface area contributed by atoms with Crippen LogP contribution in [0.5, 0.6) is 11.5 Å². The molecule has 168 valence electrons. The second-order valence-corrected chi connectivity index (χ2v) is 8.23. The average Bonchev–Trinajstić information content (AvgIpc) is 3.10. The predicted octanol–water partition coefficient (Wildman–Crippen LogP) is 4.85. The smallest absolute Gasteiger partial charge is 0.295 e. The van der Waals surface area contributed by atoms with Gasteiger partial charge in [0.2, 0.25) is 0 Å². The summed E-state index contributed by atoms with van der Waals surface area (Å²) in [5.41, 5.74) is 1.36. The van der Waals surface area contributed by atoms with Crippen LogP contribution in [0.25, 0.3) is 5.76 Å². The van der Waals surface area contributed by atoms with E-state index in [1.165, 1.54) is 0 Å². The molecule has 2 aromatic rings. The molecule has 1 saturated heterocycles. The Hall–Kier alpha value is -3.28. The second kappa shape index (κ2) is 9.47. The number of benzene rings is 2. The molecule has 1 heterocycles. The summed E-state index contributed by atoms with van der Waals surface area (Å²) >= 11 is 0. The van der Waals surface area contributed by atoms with Gasteiger partial charge in [0, 0.05) is 11.6 Å². The molecule has 0 bridgehead atoms. The Morgan fingerprint density at radius 1 is 1.03 bits per heavy atom. The van der Waals surface area contributed by atoms with E-state index in [2.05, 4.69) is 0 Å². The number of aliphatic hydroxyl groups excluding tert-OH is 1. The summed E-state index contributed by atoms with van der Waals surface area (Å²) in [5, 5.41) is 11.2. The van der Waals surface area contributed by atoms with Crippen LogP contribution in [0.2, 0.25) is 0 Å². The second-order valence-electron chi connectivity index (χ2n) is 8.23. The maximum absolute atomic E-state index is 13.2. The molecule has 1 amide bonds. The van der Waals surface area contributed by atoms with Gasteiger partial charge in [-0.15, -0.1) is 0 Å². The number of Topliss-reactive ketones (excluding diaryl/α,β-unsaturated/α-hetero) is 1. The first-order valence-corrected chi connectivity index (χ1v) is 11.2. The molecule has 1 unspecified atom stereocenters. The standard InChI is InChI=1S/C26H29NO5/c1-3-32-21-11-7-8-18(16-21)23-22(24(28)17-12-14-20(31-2)15-13-17)25(29)26(30)27(23)19-9-5-4-6-10-19/h7-8,11-16,19,23,28H,3-6,9-10H2,1-2H3/b24-22-. The Morgan fingerprint density at radius 2 is 1.75 bits per heavy atom. The van der Waals surface area contributed by atoms with Crippen LogP contribution in [0.15, 0.2) is 54.1 Å². The maximum Gasteiger partial charge on any atom is 0.295 e. The average molecular weight is 436 g/mol. The number of likely N-dealkylation sites (tertiary alicyclic amines) is 1. The summed E-state index contributed by atoms with van der Waals surface area (Å²) in [7, 11) is 1.57. The van der Waals surface area contributed by atoms with Crippen molar-refractivity contribution in [1.82, 2.24) is 4.90 Å². The Balaban J connectivity index is 1.85. The van der Waals surface area contributed by atoms with Crippen LogP contribution in [-0.2, 0) is 9.59 Å². The van der Waals surface area contributed by atoms with E-state index in [1.807, 2.05) is 31.2 Å². The van der Waals surface area contributed by atoms with E-state index in [9.17, 15) is 14.7 Å². The highest BCUT2D eigenvalue weighted by molar-refractivity contribution is 6.46. The highest BCUT2D eigenvalue weighted by Gasteiger charge is 2.48. The molecule has 1 atom stereocenters. The quantitative estimate of drug-likeness (QED) is 0.399. The van der Waals surface area contributed by atoms with E-state index in [0.717, 1.165) is 37.7 Å².